The molecule has 4 aromatic heterocycles. The van der Waals surface area contributed by atoms with Gasteiger partial charge in [0.1, 0.15) is 10.7 Å². The maximum absolute atomic E-state index is 13.1. The molecule has 5 heterocycles. The fraction of sp³-hybridized carbons (Fsp3) is 0.258. The highest BCUT2D eigenvalue weighted by molar-refractivity contribution is 7.91. The Labute approximate surface area is 249 Å². The zero-order valence-corrected chi connectivity index (χ0v) is 24.9. The molecule has 5 aromatic rings. The predicted molar refractivity (Wildman–Crippen MR) is 166 cm³/mol. The Hall–Kier alpha value is -4.84. The van der Waals surface area contributed by atoms with Gasteiger partial charge in [0.25, 0.3) is 0 Å². The van der Waals surface area contributed by atoms with Gasteiger partial charge >= 0.3 is 0 Å². The lowest BCUT2D eigenvalue weighted by atomic mass is 9.88. The van der Waals surface area contributed by atoms with Crippen LogP contribution >= 0.6 is 0 Å². The number of fused-ring (bicyclic) bond motifs is 1. The van der Waals surface area contributed by atoms with E-state index < -0.39 is 9.84 Å². The van der Waals surface area contributed by atoms with Gasteiger partial charge < -0.3 is 16.0 Å². The van der Waals surface area contributed by atoms with Crippen molar-refractivity contribution in [3.63, 3.8) is 0 Å². The lowest BCUT2D eigenvalue weighted by molar-refractivity contribution is -0.114. The van der Waals surface area contributed by atoms with Crippen LogP contribution in [0.4, 0.5) is 17.3 Å². The number of nitrogen functional groups attached to an aromatic ring is 1. The Morgan fingerprint density at radius 3 is 2.49 bits per heavy atom. The number of pyridine rings is 2. The van der Waals surface area contributed by atoms with Crippen LogP contribution in [0.3, 0.4) is 0 Å². The topological polar surface area (TPSA) is 148 Å². The van der Waals surface area contributed by atoms with Gasteiger partial charge in [-0.3, -0.25) is 9.78 Å². The second-order valence-electron chi connectivity index (χ2n) is 10.9. The van der Waals surface area contributed by atoms with Crippen molar-refractivity contribution >= 4 is 38.7 Å². The number of carbonyl (C=O) groups excluding carboxylic acids is 1. The number of benzene rings is 1. The third-order valence-corrected chi connectivity index (χ3v) is 8.97. The van der Waals surface area contributed by atoms with Crippen LogP contribution < -0.4 is 16.0 Å². The van der Waals surface area contributed by atoms with Crippen molar-refractivity contribution in [3.05, 3.63) is 78.9 Å². The van der Waals surface area contributed by atoms with E-state index in [0.717, 1.165) is 23.1 Å². The number of nitrogens with one attached hydrogen (secondary N) is 1. The summed E-state index contributed by atoms with van der Waals surface area (Å²) in [6.45, 7) is 4.11. The Morgan fingerprint density at radius 1 is 1.02 bits per heavy atom. The molecule has 6 rings (SSSR count). The molecule has 220 valence electrons. The lowest BCUT2D eigenvalue weighted by Crippen LogP contribution is -2.41. The van der Waals surface area contributed by atoms with Gasteiger partial charge in [-0.1, -0.05) is 36.4 Å². The molecule has 1 amide bonds. The summed E-state index contributed by atoms with van der Waals surface area (Å²) in [5.41, 5.74) is 11.4. The smallest absolute Gasteiger partial charge is 0.221 e. The van der Waals surface area contributed by atoms with Crippen LogP contribution in [0.25, 0.3) is 28.0 Å². The number of aromatic nitrogens is 5. The standard InChI is InChI=1S/C31H32N8O3S/c1-19-16-22(13-15-38(19)31-26(36-20(2)40)10-7-14-33-31)27-28(43(3,41)42)29(32)39-30(37-27)24(18-35-39)23-11-12-25(34-17-23)21-8-5-4-6-9-21/h4-12,14,17-19,22H,13,15-16,32H2,1-3H3,(H,36,40)/t19-,22+/m0/s1. The zero-order valence-electron chi connectivity index (χ0n) is 24.1. The number of nitrogens with zero attached hydrogens (tertiary/aromatic N) is 6. The van der Waals surface area contributed by atoms with Crippen molar-refractivity contribution in [2.45, 2.75) is 43.5 Å². The van der Waals surface area contributed by atoms with Crippen molar-refractivity contribution in [3.8, 4) is 22.4 Å². The SMILES string of the molecule is CC(=O)Nc1cccnc1N1CC[C@@H](c2nc3c(-c4ccc(-c5ccccc5)nc4)cnn3c(N)c2S(C)(=O)=O)C[C@@H]1C. The number of anilines is 3. The summed E-state index contributed by atoms with van der Waals surface area (Å²) >= 11 is 0. The second kappa shape index (κ2) is 11.1. The first-order valence-corrected chi connectivity index (χ1v) is 15.9. The summed E-state index contributed by atoms with van der Waals surface area (Å²) in [4.78, 5) is 28.1. The average Bonchev–Trinajstić information content (AvgIpc) is 3.42. The van der Waals surface area contributed by atoms with Crippen molar-refractivity contribution in [2.24, 2.45) is 0 Å². The van der Waals surface area contributed by atoms with E-state index in [1.165, 1.54) is 11.4 Å². The van der Waals surface area contributed by atoms with Gasteiger partial charge in [0, 0.05) is 60.8 Å². The normalized spacial score (nSPS) is 17.2. The number of piperidine rings is 1. The molecule has 0 spiro atoms. The molecule has 0 aliphatic carbocycles. The van der Waals surface area contributed by atoms with Crippen LogP contribution in [0.2, 0.25) is 0 Å². The molecule has 1 aliphatic rings. The molecule has 12 heteroatoms. The van der Waals surface area contributed by atoms with Crippen LogP contribution in [-0.2, 0) is 14.6 Å². The molecule has 1 saturated heterocycles. The quantitative estimate of drug-likeness (QED) is 0.287. The number of sulfone groups is 1. The van der Waals surface area contributed by atoms with E-state index in [1.807, 2.05) is 48.5 Å². The molecule has 0 bridgehead atoms. The third kappa shape index (κ3) is 5.41. The second-order valence-corrected chi connectivity index (χ2v) is 12.8. The van der Waals surface area contributed by atoms with E-state index in [2.05, 4.69) is 32.2 Å². The molecule has 1 aliphatic heterocycles. The highest BCUT2D eigenvalue weighted by atomic mass is 32.2. The molecule has 3 N–H and O–H groups in total. The van der Waals surface area contributed by atoms with Crippen molar-refractivity contribution < 1.29 is 13.2 Å². The van der Waals surface area contributed by atoms with Gasteiger partial charge in [-0.05, 0) is 38.0 Å². The van der Waals surface area contributed by atoms with Crippen LogP contribution in [0.1, 0.15) is 38.3 Å². The zero-order chi connectivity index (χ0) is 30.3. The minimum Gasteiger partial charge on any atom is -0.382 e. The number of rotatable bonds is 6. The van der Waals surface area contributed by atoms with E-state index in [0.29, 0.717) is 47.8 Å². The molecular weight excluding hydrogens is 564 g/mol. The molecule has 0 unspecified atom stereocenters. The summed E-state index contributed by atoms with van der Waals surface area (Å²) < 4.78 is 27.6. The van der Waals surface area contributed by atoms with Gasteiger partial charge in [0.2, 0.25) is 5.91 Å². The minimum atomic E-state index is -3.73. The summed E-state index contributed by atoms with van der Waals surface area (Å²) in [5, 5.41) is 7.28. The minimum absolute atomic E-state index is 0.00891. The number of amides is 1. The van der Waals surface area contributed by atoms with Crippen molar-refractivity contribution in [2.75, 3.05) is 28.8 Å². The molecular formula is C31H32N8O3S. The van der Waals surface area contributed by atoms with E-state index >= 15 is 0 Å². The van der Waals surface area contributed by atoms with Crippen molar-refractivity contribution in [1.29, 1.82) is 0 Å². The fourth-order valence-corrected chi connectivity index (χ4v) is 6.92. The maximum atomic E-state index is 13.1. The van der Waals surface area contributed by atoms with Crippen molar-refractivity contribution in [1.82, 2.24) is 24.6 Å². The van der Waals surface area contributed by atoms with E-state index in [4.69, 9.17) is 10.7 Å². The molecule has 0 saturated carbocycles. The van der Waals surface area contributed by atoms with Gasteiger partial charge in [0.05, 0.1) is 23.3 Å². The summed E-state index contributed by atoms with van der Waals surface area (Å²) in [6.07, 6.45) is 7.48. The van der Waals surface area contributed by atoms with Crippen LogP contribution in [0.15, 0.2) is 78.1 Å². The van der Waals surface area contributed by atoms with Gasteiger partial charge in [-0.2, -0.15) is 9.61 Å². The Morgan fingerprint density at radius 2 is 1.81 bits per heavy atom. The molecule has 1 fully saturated rings. The first-order valence-electron chi connectivity index (χ1n) is 14.0. The predicted octanol–water partition coefficient (Wildman–Crippen LogP) is 4.57. The Kier molecular flexibility index (Phi) is 7.30. The van der Waals surface area contributed by atoms with E-state index in [1.54, 1.807) is 24.7 Å². The van der Waals surface area contributed by atoms with Crippen LogP contribution in [0.5, 0.6) is 0 Å². The highest BCUT2D eigenvalue weighted by Gasteiger charge is 2.34. The summed E-state index contributed by atoms with van der Waals surface area (Å²) in [5.74, 6) is 0.358. The monoisotopic (exact) mass is 596 g/mol. The first-order chi connectivity index (χ1) is 20.6. The molecule has 43 heavy (non-hydrogen) atoms. The number of nitrogens with two attached hydrogens (primary N) is 1. The molecule has 11 nitrogen and oxygen atoms in total. The average molecular weight is 597 g/mol. The Bertz CT molecular complexity index is 1920. The summed E-state index contributed by atoms with van der Waals surface area (Å²) in [6, 6.07) is 17.4. The molecule has 0 radical (unpaired) electrons. The largest absolute Gasteiger partial charge is 0.382 e. The van der Waals surface area contributed by atoms with Gasteiger partial charge in [-0.25, -0.2) is 18.4 Å². The van der Waals surface area contributed by atoms with Crippen LogP contribution in [-0.4, -0.2) is 57.7 Å². The van der Waals surface area contributed by atoms with E-state index in [-0.39, 0.29) is 28.6 Å². The maximum Gasteiger partial charge on any atom is 0.221 e. The number of carbonyl (C=O) groups is 1. The van der Waals surface area contributed by atoms with Gasteiger partial charge in [-0.15, -0.1) is 0 Å². The first kappa shape index (κ1) is 28.3. The Balaban J connectivity index is 1.38. The number of hydrogen-bond acceptors (Lipinski definition) is 9. The number of hydrogen-bond donors (Lipinski definition) is 2. The fourth-order valence-electron chi connectivity index (χ4n) is 5.86. The van der Waals surface area contributed by atoms with Gasteiger partial charge in [0.15, 0.2) is 21.3 Å². The lowest BCUT2D eigenvalue weighted by Gasteiger charge is -2.39. The molecule has 1 aromatic carbocycles. The highest BCUT2D eigenvalue weighted by Crippen LogP contribution is 2.40. The summed E-state index contributed by atoms with van der Waals surface area (Å²) in [7, 11) is -3.73. The van der Waals surface area contributed by atoms with Crippen LogP contribution in [0, 0.1) is 0 Å². The van der Waals surface area contributed by atoms with E-state index in [9.17, 15) is 13.2 Å². The third-order valence-electron chi connectivity index (χ3n) is 7.81. The molecule has 2 atom stereocenters.